The van der Waals surface area contributed by atoms with Gasteiger partial charge < -0.3 is 10.4 Å². The summed E-state index contributed by atoms with van der Waals surface area (Å²) in [5.74, 6) is 0. The van der Waals surface area contributed by atoms with Gasteiger partial charge in [-0.2, -0.15) is 0 Å². The summed E-state index contributed by atoms with van der Waals surface area (Å²) in [4.78, 5) is 0. The summed E-state index contributed by atoms with van der Waals surface area (Å²) in [5, 5.41) is 20.0. The van der Waals surface area contributed by atoms with E-state index in [4.69, 9.17) is 5.11 Å². The van der Waals surface area contributed by atoms with Crippen molar-refractivity contribution in [1.29, 1.82) is 0 Å². The zero-order valence-electron chi connectivity index (χ0n) is 10.5. The van der Waals surface area contributed by atoms with E-state index < -0.39 is 0 Å². The van der Waals surface area contributed by atoms with Crippen LogP contribution in [0.1, 0.15) is 18.2 Å². The van der Waals surface area contributed by atoms with E-state index in [1.807, 2.05) is 6.20 Å². The number of aliphatic hydroxyl groups is 1. The van der Waals surface area contributed by atoms with Gasteiger partial charge >= 0.3 is 0 Å². The van der Waals surface area contributed by atoms with Gasteiger partial charge in [-0.15, -0.1) is 5.10 Å². The Morgan fingerprint density at radius 2 is 2.06 bits per heavy atom. The minimum atomic E-state index is 0.0781. The lowest BCUT2D eigenvalue weighted by Crippen LogP contribution is -2.02. The SMILES string of the molecule is CCc1ccc(NCc2cn(CCO)nn2)cc1. The third-order valence-corrected chi connectivity index (χ3v) is 2.75. The average Bonchev–Trinajstić information content (AvgIpc) is 2.85. The molecule has 0 bridgehead atoms. The van der Waals surface area contributed by atoms with Crippen LogP contribution in [0.5, 0.6) is 0 Å². The molecule has 2 aromatic rings. The van der Waals surface area contributed by atoms with Gasteiger partial charge in [0, 0.05) is 5.69 Å². The van der Waals surface area contributed by atoms with Gasteiger partial charge in [0.15, 0.2) is 0 Å². The van der Waals surface area contributed by atoms with Crippen LogP contribution in [0.2, 0.25) is 0 Å². The van der Waals surface area contributed by atoms with Crippen LogP contribution in [0, 0.1) is 0 Å². The number of benzene rings is 1. The minimum absolute atomic E-state index is 0.0781. The number of nitrogens with zero attached hydrogens (tertiary/aromatic N) is 3. The molecular formula is C13H18N4O. The van der Waals surface area contributed by atoms with Crippen molar-refractivity contribution in [1.82, 2.24) is 15.0 Å². The molecule has 0 amide bonds. The molecule has 5 nitrogen and oxygen atoms in total. The molecule has 0 saturated heterocycles. The van der Waals surface area contributed by atoms with Crippen molar-refractivity contribution in [2.24, 2.45) is 0 Å². The van der Waals surface area contributed by atoms with E-state index >= 15 is 0 Å². The number of rotatable bonds is 6. The molecule has 96 valence electrons. The van der Waals surface area contributed by atoms with Gasteiger partial charge in [0.1, 0.15) is 5.69 Å². The molecule has 2 rings (SSSR count). The van der Waals surface area contributed by atoms with Crippen molar-refractivity contribution in [3.05, 3.63) is 41.7 Å². The second-order valence-electron chi connectivity index (χ2n) is 4.10. The summed E-state index contributed by atoms with van der Waals surface area (Å²) < 4.78 is 1.64. The van der Waals surface area contributed by atoms with Gasteiger partial charge in [0.05, 0.1) is 25.9 Å². The lowest BCUT2D eigenvalue weighted by atomic mass is 10.1. The predicted octanol–water partition coefficient (Wildman–Crippen LogP) is 1.44. The minimum Gasteiger partial charge on any atom is -0.394 e. The molecule has 2 N–H and O–H groups in total. The lowest BCUT2D eigenvalue weighted by molar-refractivity contribution is 0.268. The Hall–Kier alpha value is -1.88. The Morgan fingerprint density at radius 3 is 2.72 bits per heavy atom. The molecule has 0 aliphatic rings. The highest BCUT2D eigenvalue weighted by Gasteiger charge is 2.00. The van der Waals surface area contributed by atoms with E-state index in [1.165, 1.54) is 5.56 Å². The summed E-state index contributed by atoms with van der Waals surface area (Å²) in [7, 11) is 0. The van der Waals surface area contributed by atoms with Crippen molar-refractivity contribution in [3.63, 3.8) is 0 Å². The topological polar surface area (TPSA) is 63.0 Å². The number of hydrogen-bond donors (Lipinski definition) is 2. The Kier molecular flexibility index (Phi) is 4.30. The number of aliphatic hydroxyl groups excluding tert-OH is 1. The standard InChI is InChI=1S/C13H18N4O/c1-2-11-3-5-12(6-4-11)14-9-13-10-17(7-8-18)16-15-13/h3-6,10,14,18H,2,7-9H2,1H3. The largest absolute Gasteiger partial charge is 0.394 e. The quantitative estimate of drug-likeness (QED) is 0.809. The second kappa shape index (κ2) is 6.16. The first-order chi connectivity index (χ1) is 8.81. The normalized spacial score (nSPS) is 10.6. The highest BCUT2D eigenvalue weighted by molar-refractivity contribution is 5.44. The van der Waals surface area contributed by atoms with Crippen molar-refractivity contribution in [2.45, 2.75) is 26.4 Å². The smallest absolute Gasteiger partial charge is 0.102 e. The van der Waals surface area contributed by atoms with Crippen LogP contribution in [0.15, 0.2) is 30.5 Å². The van der Waals surface area contributed by atoms with Crippen LogP contribution in [0.3, 0.4) is 0 Å². The second-order valence-corrected chi connectivity index (χ2v) is 4.10. The van der Waals surface area contributed by atoms with Crippen LogP contribution < -0.4 is 5.32 Å². The van der Waals surface area contributed by atoms with Crippen LogP contribution in [0.25, 0.3) is 0 Å². The van der Waals surface area contributed by atoms with Crippen molar-refractivity contribution >= 4 is 5.69 Å². The highest BCUT2D eigenvalue weighted by Crippen LogP contribution is 2.10. The third-order valence-electron chi connectivity index (χ3n) is 2.75. The third kappa shape index (κ3) is 3.30. The Morgan fingerprint density at radius 1 is 1.28 bits per heavy atom. The molecule has 0 aliphatic carbocycles. The zero-order chi connectivity index (χ0) is 12.8. The Bertz CT molecular complexity index is 478. The molecule has 1 aromatic carbocycles. The summed E-state index contributed by atoms with van der Waals surface area (Å²) in [5.41, 5.74) is 3.27. The molecule has 0 saturated carbocycles. The molecule has 0 fully saturated rings. The van der Waals surface area contributed by atoms with Gasteiger partial charge in [0.25, 0.3) is 0 Å². The van der Waals surface area contributed by atoms with Crippen LogP contribution >= 0.6 is 0 Å². The fourth-order valence-corrected chi connectivity index (χ4v) is 1.68. The molecular weight excluding hydrogens is 228 g/mol. The fourth-order valence-electron chi connectivity index (χ4n) is 1.68. The molecule has 1 aromatic heterocycles. The molecule has 0 spiro atoms. The van der Waals surface area contributed by atoms with Crippen LogP contribution in [-0.4, -0.2) is 26.7 Å². The maximum absolute atomic E-state index is 8.78. The molecule has 18 heavy (non-hydrogen) atoms. The fraction of sp³-hybridized carbons (Fsp3) is 0.385. The van der Waals surface area contributed by atoms with E-state index in [2.05, 4.69) is 46.8 Å². The molecule has 0 unspecified atom stereocenters. The summed E-state index contributed by atoms with van der Waals surface area (Å²) in [6, 6.07) is 8.36. The van der Waals surface area contributed by atoms with E-state index in [1.54, 1.807) is 4.68 Å². The molecule has 0 aliphatic heterocycles. The number of aromatic nitrogens is 3. The van der Waals surface area contributed by atoms with Crippen LogP contribution in [-0.2, 0) is 19.5 Å². The van der Waals surface area contributed by atoms with Crippen molar-refractivity contribution < 1.29 is 5.11 Å². The molecule has 1 heterocycles. The number of aryl methyl sites for hydroxylation is 1. The maximum Gasteiger partial charge on any atom is 0.102 e. The zero-order valence-corrected chi connectivity index (χ0v) is 10.5. The molecule has 0 radical (unpaired) electrons. The van der Waals surface area contributed by atoms with Gasteiger partial charge in [-0.05, 0) is 24.1 Å². The monoisotopic (exact) mass is 246 g/mol. The number of anilines is 1. The molecule has 0 atom stereocenters. The van der Waals surface area contributed by atoms with Gasteiger partial charge in [-0.25, -0.2) is 4.68 Å². The summed E-state index contributed by atoms with van der Waals surface area (Å²) in [6.07, 6.45) is 2.89. The van der Waals surface area contributed by atoms with E-state index in [0.29, 0.717) is 13.1 Å². The van der Waals surface area contributed by atoms with Gasteiger partial charge in [0.2, 0.25) is 0 Å². The predicted molar refractivity (Wildman–Crippen MR) is 70.3 cm³/mol. The van der Waals surface area contributed by atoms with E-state index in [0.717, 1.165) is 17.8 Å². The van der Waals surface area contributed by atoms with Crippen molar-refractivity contribution in [2.75, 3.05) is 11.9 Å². The first-order valence-corrected chi connectivity index (χ1v) is 6.14. The highest BCUT2D eigenvalue weighted by atomic mass is 16.3. The summed E-state index contributed by atoms with van der Waals surface area (Å²) in [6.45, 7) is 3.34. The Balaban J connectivity index is 1.89. The average molecular weight is 246 g/mol. The van der Waals surface area contributed by atoms with Crippen molar-refractivity contribution in [3.8, 4) is 0 Å². The van der Waals surface area contributed by atoms with Gasteiger partial charge in [-0.3, -0.25) is 0 Å². The molecule has 5 heteroatoms. The summed E-state index contributed by atoms with van der Waals surface area (Å²) >= 11 is 0. The number of hydrogen-bond acceptors (Lipinski definition) is 4. The van der Waals surface area contributed by atoms with Crippen LogP contribution in [0.4, 0.5) is 5.69 Å². The first-order valence-electron chi connectivity index (χ1n) is 6.14. The maximum atomic E-state index is 8.78. The lowest BCUT2D eigenvalue weighted by Gasteiger charge is -2.04. The Labute approximate surface area is 106 Å². The number of nitrogens with one attached hydrogen (secondary N) is 1. The van der Waals surface area contributed by atoms with E-state index in [-0.39, 0.29) is 6.61 Å². The van der Waals surface area contributed by atoms with E-state index in [9.17, 15) is 0 Å². The van der Waals surface area contributed by atoms with Gasteiger partial charge in [-0.1, -0.05) is 24.3 Å². The first kappa shape index (κ1) is 12.6.